The highest BCUT2D eigenvalue weighted by atomic mass is 16.7. The summed E-state index contributed by atoms with van der Waals surface area (Å²) in [4.78, 5) is 0. The molecule has 0 bridgehead atoms. The van der Waals surface area contributed by atoms with Crippen LogP contribution >= 0.6 is 0 Å². The van der Waals surface area contributed by atoms with Gasteiger partial charge in [-0.05, 0) is 34.6 Å². The monoisotopic (exact) mass is 198 g/mol. The van der Waals surface area contributed by atoms with Gasteiger partial charge in [0.2, 0.25) is 0 Å². The van der Waals surface area contributed by atoms with Crippen LogP contribution in [0.1, 0.15) is 34.6 Å². The maximum absolute atomic E-state index is 9.07. The molecule has 1 aliphatic heterocycles. The van der Waals surface area contributed by atoms with Crippen molar-refractivity contribution in [3.05, 3.63) is 12.1 Å². The minimum absolute atomic E-state index is 0.305. The third-order valence-corrected chi connectivity index (χ3v) is 2.82. The molecule has 0 aromatic rings. The van der Waals surface area contributed by atoms with Gasteiger partial charge in [-0.2, -0.15) is 0 Å². The van der Waals surface area contributed by atoms with Gasteiger partial charge < -0.3 is 14.4 Å². The van der Waals surface area contributed by atoms with Crippen LogP contribution in [-0.4, -0.2) is 29.5 Å². The summed E-state index contributed by atoms with van der Waals surface area (Å²) in [5, 5.41) is 9.07. The van der Waals surface area contributed by atoms with Crippen LogP contribution in [0.2, 0.25) is 0 Å². The number of aliphatic hydroxyl groups is 1. The van der Waals surface area contributed by atoms with Gasteiger partial charge in [0, 0.05) is 0 Å². The van der Waals surface area contributed by atoms with Crippen molar-refractivity contribution in [1.29, 1.82) is 0 Å². The Morgan fingerprint density at radius 2 is 1.57 bits per heavy atom. The van der Waals surface area contributed by atoms with Gasteiger partial charge in [-0.1, -0.05) is 12.1 Å². The molecule has 14 heavy (non-hydrogen) atoms. The standard InChI is InChI=1S/C10H19BO3/c1-8(12)6-7-11-13-9(2,3)10(4,5)14-11/h6-8,12H,1-5H3/t8-/m1/s1. The molecule has 0 aromatic heterocycles. The van der Waals surface area contributed by atoms with Gasteiger partial charge >= 0.3 is 7.12 Å². The fourth-order valence-corrected chi connectivity index (χ4v) is 1.22. The lowest BCUT2D eigenvalue weighted by atomic mass is 9.89. The van der Waals surface area contributed by atoms with Crippen LogP contribution in [0.3, 0.4) is 0 Å². The molecule has 0 aliphatic carbocycles. The first-order valence-electron chi connectivity index (χ1n) is 4.97. The SMILES string of the molecule is C[C@@H](O)C=CB1OC(C)(C)C(C)(C)O1. The Bertz CT molecular complexity index is 218. The Labute approximate surface area is 86.2 Å². The fourth-order valence-electron chi connectivity index (χ4n) is 1.22. The summed E-state index contributed by atoms with van der Waals surface area (Å²) in [6, 6.07) is 0. The van der Waals surface area contributed by atoms with Gasteiger partial charge in [-0.25, -0.2) is 0 Å². The minimum Gasteiger partial charge on any atom is -0.400 e. The Kier molecular flexibility index (Phi) is 3.09. The lowest BCUT2D eigenvalue weighted by Crippen LogP contribution is -2.41. The lowest BCUT2D eigenvalue weighted by molar-refractivity contribution is 0.00578. The quantitative estimate of drug-likeness (QED) is 0.684. The topological polar surface area (TPSA) is 38.7 Å². The van der Waals surface area contributed by atoms with Gasteiger partial charge in [-0.15, -0.1) is 0 Å². The van der Waals surface area contributed by atoms with Crippen LogP contribution in [0.4, 0.5) is 0 Å². The second-order valence-corrected chi connectivity index (χ2v) is 4.75. The largest absolute Gasteiger partial charge is 0.486 e. The molecule has 0 unspecified atom stereocenters. The van der Waals surface area contributed by atoms with E-state index in [2.05, 4.69) is 0 Å². The van der Waals surface area contributed by atoms with Crippen molar-refractivity contribution >= 4 is 7.12 Å². The van der Waals surface area contributed by atoms with E-state index in [4.69, 9.17) is 14.4 Å². The molecule has 0 spiro atoms. The van der Waals surface area contributed by atoms with Gasteiger partial charge in [0.1, 0.15) is 0 Å². The number of rotatable bonds is 2. The first kappa shape index (κ1) is 11.8. The van der Waals surface area contributed by atoms with Crippen molar-refractivity contribution in [3.63, 3.8) is 0 Å². The molecule has 1 N–H and O–H groups in total. The molecule has 4 heteroatoms. The number of hydrogen-bond acceptors (Lipinski definition) is 3. The van der Waals surface area contributed by atoms with Crippen LogP contribution in [0.5, 0.6) is 0 Å². The first-order valence-corrected chi connectivity index (χ1v) is 4.97. The van der Waals surface area contributed by atoms with Crippen molar-refractivity contribution in [2.75, 3.05) is 0 Å². The van der Waals surface area contributed by atoms with Crippen molar-refractivity contribution < 1.29 is 14.4 Å². The average molecular weight is 198 g/mol. The highest BCUT2D eigenvalue weighted by Crippen LogP contribution is 2.36. The van der Waals surface area contributed by atoms with Gasteiger partial charge in [0.25, 0.3) is 0 Å². The molecule has 80 valence electrons. The first-order chi connectivity index (χ1) is 6.24. The van der Waals surface area contributed by atoms with E-state index in [1.165, 1.54) is 0 Å². The molecule has 1 saturated heterocycles. The Balaban J connectivity index is 2.64. The van der Waals surface area contributed by atoms with E-state index in [1.807, 2.05) is 27.7 Å². The zero-order valence-electron chi connectivity index (χ0n) is 9.57. The van der Waals surface area contributed by atoms with Crippen molar-refractivity contribution in [1.82, 2.24) is 0 Å². The van der Waals surface area contributed by atoms with Crippen LogP contribution in [0.25, 0.3) is 0 Å². The number of hydrogen-bond donors (Lipinski definition) is 1. The molecule has 0 radical (unpaired) electrons. The zero-order chi connectivity index (χ0) is 11.0. The van der Waals surface area contributed by atoms with Crippen molar-refractivity contribution in [2.24, 2.45) is 0 Å². The van der Waals surface area contributed by atoms with E-state index >= 15 is 0 Å². The molecule has 1 atom stereocenters. The highest BCUT2D eigenvalue weighted by Gasteiger charge is 2.49. The van der Waals surface area contributed by atoms with E-state index in [1.54, 1.807) is 19.0 Å². The second-order valence-electron chi connectivity index (χ2n) is 4.75. The summed E-state index contributed by atoms with van der Waals surface area (Å²) in [6.07, 6.45) is 1.20. The summed E-state index contributed by atoms with van der Waals surface area (Å²) in [7, 11) is -0.352. The summed E-state index contributed by atoms with van der Waals surface area (Å²) in [5.74, 6) is 1.75. The molecule has 0 aromatic carbocycles. The maximum Gasteiger partial charge on any atom is 0.486 e. The van der Waals surface area contributed by atoms with Crippen LogP contribution in [-0.2, 0) is 9.31 Å². The maximum atomic E-state index is 9.07. The third kappa shape index (κ3) is 2.38. The molecule has 1 fully saturated rings. The van der Waals surface area contributed by atoms with E-state index in [-0.39, 0.29) is 18.3 Å². The van der Waals surface area contributed by atoms with Crippen molar-refractivity contribution in [2.45, 2.75) is 51.9 Å². The Hall–Kier alpha value is -0.315. The Morgan fingerprint density at radius 1 is 1.14 bits per heavy atom. The highest BCUT2D eigenvalue weighted by molar-refractivity contribution is 6.51. The molecule has 0 amide bonds. The molecule has 0 saturated carbocycles. The summed E-state index contributed by atoms with van der Waals surface area (Å²) < 4.78 is 11.4. The molecular formula is C10H19BO3. The van der Waals surface area contributed by atoms with Crippen LogP contribution in [0.15, 0.2) is 12.1 Å². The predicted octanol–water partition coefficient (Wildman–Crippen LogP) is 1.55. The van der Waals surface area contributed by atoms with Gasteiger partial charge in [-0.3, -0.25) is 0 Å². The third-order valence-electron chi connectivity index (χ3n) is 2.82. The normalized spacial score (nSPS) is 27.1. The minimum atomic E-state index is -0.464. The summed E-state index contributed by atoms with van der Waals surface area (Å²) >= 11 is 0. The van der Waals surface area contributed by atoms with Gasteiger partial charge in [0.05, 0.1) is 17.3 Å². The molecule has 1 heterocycles. The number of aliphatic hydroxyl groups excluding tert-OH is 1. The van der Waals surface area contributed by atoms with E-state index in [0.29, 0.717) is 0 Å². The van der Waals surface area contributed by atoms with E-state index in [0.717, 1.165) is 0 Å². The van der Waals surface area contributed by atoms with Crippen LogP contribution < -0.4 is 0 Å². The van der Waals surface area contributed by atoms with E-state index < -0.39 is 6.10 Å². The Morgan fingerprint density at radius 3 is 1.93 bits per heavy atom. The summed E-state index contributed by atoms with van der Waals surface area (Å²) in [6.45, 7) is 9.71. The molecule has 1 aliphatic rings. The smallest absolute Gasteiger partial charge is 0.400 e. The van der Waals surface area contributed by atoms with E-state index in [9.17, 15) is 0 Å². The zero-order valence-corrected chi connectivity index (χ0v) is 9.57. The fraction of sp³-hybridized carbons (Fsp3) is 0.800. The predicted molar refractivity (Wildman–Crippen MR) is 56.9 cm³/mol. The van der Waals surface area contributed by atoms with Gasteiger partial charge in [0.15, 0.2) is 0 Å². The van der Waals surface area contributed by atoms with Crippen molar-refractivity contribution in [3.8, 4) is 0 Å². The molecule has 1 rings (SSSR count). The second kappa shape index (κ2) is 3.68. The summed E-state index contributed by atoms with van der Waals surface area (Å²) in [5.41, 5.74) is -0.610. The molecule has 3 nitrogen and oxygen atoms in total. The van der Waals surface area contributed by atoms with Crippen LogP contribution in [0, 0.1) is 0 Å². The lowest BCUT2D eigenvalue weighted by Gasteiger charge is -2.32. The molecular weight excluding hydrogens is 179 g/mol. The average Bonchev–Trinajstić information content (AvgIpc) is 2.17.